The first-order valence-corrected chi connectivity index (χ1v) is 2.17. The maximum Gasteiger partial charge on any atom is 0.349 e. The molecule has 0 bridgehead atoms. The highest BCUT2D eigenvalue weighted by Gasteiger charge is 2.10. The van der Waals surface area contributed by atoms with E-state index in [4.69, 9.17) is 0 Å². The van der Waals surface area contributed by atoms with E-state index >= 15 is 0 Å². The van der Waals surface area contributed by atoms with Gasteiger partial charge in [-0.25, -0.2) is 15.2 Å². The van der Waals surface area contributed by atoms with Crippen LogP contribution >= 0.6 is 0 Å². The number of nitrogens with one attached hydrogen (secondary N) is 3. The van der Waals surface area contributed by atoms with Crippen LogP contribution in [-0.4, -0.2) is 18.1 Å². The van der Waals surface area contributed by atoms with Gasteiger partial charge >= 0.3 is 6.03 Å². The molecule has 7 heteroatoms. The molecule has 2 amide bonds. The van der Waals surface area contributed by atoms with Gasteiger partial charge in [0.1, 0.15) is 0 Å². The van der Waals surface area contributed by atoms with Crippen molar-refractivity contribution in [2.45, 2.75) is 0 Å². The lowest BCUT2D eigenvalue weighted by atomic mass is 11.0. The van der Waals surface area contributed by atoms with Gasteiger partial charge in [0.2, 0.25) is 0 Å². The van der Waals surface area contributed by atoms with E-state index in [1.165, 1.54) is 7.05 Å². The molecule has 52 valence electrons. The second-order valence-corrected chi connectivity index (χ2v) is 1.35. The minimum Gasteiger partial charge on any atom is -0.246 e. The highest BCUT2D eigenvalue weighted by atomic mass is 17.3. The Morgan fingerprint density at radius 1 is 1.56 bits per heavy atom. The van der Waals surface area contributed by atoms with Gasteiger partial charge in [0.05, 0.1) is 0 Å². The second kappa shape index (κ2) is 2.60. The largest absolute Gasteiger partial charge is 0.349 e. The maximum absolute atomic E-state index is 10.5. The van der Waals surface area contributed by atoms with E-state index in [9.17, 15) is 4.79 Å². The molecule has 0 saturated carbocycles. The van der Waals surface area contributed by atoms with E-state index in [-0.39, 0.29) is 0 Å². The van der Waals surface area contributed by atoms with Crippen molar-refractivity contribution in [2.24, 2.45) is 0 Å². The molecule has 0 unspecified atom stereocenters. The van der Waals surface area contributed by atoms with Crippen molar-refractivity contribution in [1.82, 2.24) is 21.6 Å². The molecule has 0 aliphatic carbocycles. The summed E-state index contributed by atoms with van der Waals surface area (Å²) in [5.74, 6) is 0. The summed E-state index contributed by atoms with van der Waals surface area (Å²) < 4.78 is 0. The van der Waals surface area contributed by atoms with Crippen LogP contribution in [-0.2, 0) is 9.98 Å². The maximum atomic E-state index is 10.5. The zero-order valence-corrected chi connectivity index (χ0v) is 4.67. The number of amides is 2. The zero-order valence-electron chi connectivity index (χ0n) is 4.67. The Labute approximate surface area is 50.7 Å². The van der Waals surface area contributed by atoms with E-state index in [1.54, 1.807) is 0 Å². The smallest absolute Gasteiger partial charge is 0.246 e. The van der Waals surface area contributed by atoms with Crippen LogP contribution in [0.15, 0.2) is 0 Å². The summed E-state index contributed by atoms with van der Waals surface area (Å²) in [6.45, 7) is 0. The number of carbonyl (C=O) groups is 1. The Morgan fingerprint density at radius 2 is 2.33 bits per heavy atom. The number of rotatable bonds is 0. The fourth-order valence-corrected chi connectivity index (χ4v) is 0.285. The second-order valence-electron chi connectivity index (χ2n) is 1.35. The molecule has 0 aromatic carbocycles. The molecule has 1 saturated heterocycles. The van der Waals surface area contributed by atoms with Gasteiger partial charge in [-0.1, -0.05) is 11.2 Å². The summed E-state index contributed by atoms with van der Waals surface area (Å²) in [7, 11) is 1.46. The van der Waals surface area contributed by atoms with Crippen molar-refractivity contribution in [3.8, 4) is 0 Å². The Kier molecular flexibility index (Phi) is 1.80. The molecule has 0 radical (unpaired) electrons. The number of hydrogen-bond acceptors (Lipinski definition) is 5. The molecule has 9 heavy (non-hydrogen) atoms. The summed E-state index contributed by atoms with van der Waals surface area (Å²) in [6.07, 6.45) is 0. The molecule has 1 aliphatic rings. The monoisotopic (exact) mass is 134 g/mol. The predicted molar refractivity (Wildman–Crippen MR) is 24.7 cm³/mol. The van der Waals surface area contributed by atoms with Gasteiger partial charge in [-0.05, 0) is 0 Å². The fraction of sp³-hybridized carbons (Fsp3) is 0.500. The van der Waals surface area contributed by atoms with Crippen LogP contribution in [0.4, 0.5) is 4.79 Å². The third kappa shape index (κ3) is 1.50. The van der Waals surface area contributed by atoms with Crippen LogP contribution < -0.4 is 16.6 Å². The number of urea groups is 1. The summed E-state index contributed by atoms with van der Waals surface area (Å²) in [6, 6.07) is -0.410. The lowest BCUT2D eigenvalue weighted by Crippen LogP contribution is -2.44. The third-order valence-corrected chi connectivity index (χ3v) is 0.720. The first-order valence-electron chi connectivity index (χ1n) is 2.17. The van der Waals surface area contributed by atoms with E-state index in [0.29, 0.717) is 0 Å². The van der Waals surface area contributed by atoms with Crippen molar-refractivity contribution >= 4 is 6.03 Å². The number of nitrogens with zero attached hydrogens (tertiary/aromatic N) is 1. The molecule has 1 fully saturated rings. The average molecular weight is 134 g/mol. The van der Waals surface area contributed by atoms with Crippen LogP contribution in [0.5, 0.6) is 0 Å². The van der Waals surface area contributed by atoms with Gasteiger partial charge in [-0.3, -0.25) is 0 Å². The topological polar surface area (TPSA) is 74.9 Å². The molecule has 3 N–H and O–H groups in total. The first-order chi connectivity index (χ1) is 4.30. The van der Waals surface area contributed by atoms with Crippen LogP contribution in [0.25, 0.3) is 0 Å². The van der Waals surface area contributed by atoms with Crippen LogP contribution in [0, 0.1) is 0 Å². The zero-order chi connectivity index (χ0) is 6.69. The highest BCUT2D eigenvalue weighted by molar-refractivity contribution is 5.72. The van der Waals surface area contributed by atoms with Gasteiger partial charge in [0, 0.05) is 7.05 Å². The molecule has 7 nitrogen and oxygen atoms in total. The van der Waals surface area contributed by atoms with E-state index in [1.807, 2.05) is 5.59 Å². The van der Waals surface area contributed by atoms with Crippen molar-refractivity contribution in [2.75, 3.05) is 7.05 Å². The Bertz CT molecular complexity index is 116. The summed E-state index contributed by atoms with van der Waals surface area (Å²) in [5, 5.41) is 1.06. The standard InChI is InChI=1S/C2H6N4O3/c1-6-2(7)3-4-8-9-5-6/h4-5H,1H3,(H,3,7). The Morgan fingerprint density at radius 3 is 3.11 bits per heavy atom. The molecule has 1 aliphatic heterocycles. The highest BCUT2D eigenvalue weighted by Crippen LogP contribution is 1.80. The van der Waals surface area contributed by atoms with E-state index in [0.717, 1.165) is 5.01 Å². The van der Waals surface area contributed by atoms with Gasteiger partial charge in [0.15, 0.2) is 0 Å². The van der Waals surface area contributed by atoms with E-state index < -0.39 is 6.03 Å². The summed E-state index contributed by atoms with van der Waals surface area (Å²) in [5.41, 5.74) is 6.25. The predicted octanol–water partition coefficient (Wildman–Crippen LogP) is -1.57. The molecule has 0 aromatic rings. The van der Waals surface area contributed by atoms with Gasteiger partial charge in [-0.15, -0.1) is 9.98 Å². The SMILES string of the molecule is CN1NOONNC1=O. The lowest BCUT2D eigenvalue weighted by molar-refractivity contribution is -0.390. The van der Waals surface area contributed by atoms with E-state index in [2.05, 4.69) is 21.0 Å². The van der Waals surface area contributed by atoms with Gasteiger partial charge in [-0.2, -0.15) is 0 Å². The van der Waals surface area contributed by atoms with Crippen molar-refractivity contribution in [3.63, 3.8) is 0 Å². The molecule has 0 atom stereocenters. The molecule has 1 heterocycles. The van der Waals surface area contributed by atoms with Crippen LogP contribution in [0.2, 0.25) is 0 Å². The van der Waals surface area contributed by atoms with Crippen molar-refractivity contribution < 1.29 is 14.8 Å². The average Bonchev–Trinajstić information content (AvgIpc) is 1.99. The molecule has 0 aromatic heterocycles. The summed E-state index contributed by atoms with van der Waals surface area (Å²) in [4.78, 5) is 18.8. The minimum absolute atomic E-state index is 0.410. The Balaban J connectivity index is 2.41. The van der Waals surface area contributed by atoms with Crippen LogP contribution in [0.3, 0.4) is 0 Å². The fourth-order valence-electron chi connectivity index (χ4n) is 0.285. The van der Waals surface area contributed by atoms with Crippen molar-refractivity contribution in [3.05, 3.63) is 0 Å². The number of hydrogen-bond donors (Lipinski definition) is 3. The lowest BCUT2D eigenvalue weighted by Gasteiger charge is -2.09. The summed E-state index contributed by atoms with van der Waals surface area (Å²) >= 11 is 0. The van der Waals surface area contributed by atoms with Gasteiger partial charge < -0.3 is 0 Å². The van der Waals surface area contributed by atoms with Crippen molar-refractivity contribution in [1.29, 1.82) is 0 Å². The minimum atomic E-state index is -0.410. The first kappa shape index (κ1) is 6.23. The Hall–Kier alpha value is -0.890. The number of carbonyl (C=O) groups excluding carboxylic acids is 1. The third-order valence-electron chi connectivity index (χ3n) is 0.720. The molecular formula is C2H6N4O3. The van der Waals surface area contributed by atoms with Crippen LogP contribution in [0.1, 0.15) is 0 Å². The van der Waals surface area contributed by atoms with Gasteiger partial charge in [0.25, 0.3) is 0 Å². The number of hydrazine groups is 2. The quantitative estimate of drug-likeness (QED) is 0.349. The normalized spacial score (nSPS) is 21.0. The molecule has 1 rings (SSSR count). The molecular weight excluding hydrogens is 128 g/mol. The molecule has 0 spiro atoms.